The highest BCUT2D eigenvalue weighted by atomic mass is 127. The quantitative estimate of drug-likeness (QED) is 0.267. The van der Waals surface area contributed by atoms with Gasteiger partial charge in [0.1, 0.15) is 0 Å². The van der Waals surface area contributed by atoms with Crippen LogP contribution in [0.1, 0.15) is 28.4 Å². The molecule has 0 radical (unpaired) electrons. The summed E-state index contributed by atoms with van der Waals surface area (Å²) in [6.45, 7) is 0. The van der Waals surface area contributed by atoms with Crippen molar-refractivity contribution in [3.63, 3.8) is 0 Å². The predicted octanol–water partition coefficient (Wildman–Crippen LogP) is 5.64. The average molecular weight is 605 g/mol. The van der Waals surface area contributed by atoms with E-state index in [2.05, 4.69) is 22.6 Å². The molecule has 0 unspecified atom stereocenters. The Balaban J connectivity index is 1.89. The minimum Gasteiger partial charge on any atom is -0.504 e. The highest BCUT2D eigenvalue weighted by molar-refractivity contribution is 14.1. The smallest absolute Gasteiger partial charge is 0.416 e. The van der Waals surface area contributed by atoms with Crippen molar-refractivity contribution < 1.29 is 32.9 Å². The van der Waals surface area contributed by atoms with Crippen LogP contribution in [0.3, 0.4) is 0 Å². The number of methoxy groups -OCH3 is 1. The van der Waals surface area contributed by atoms with E-state index in [4.69, 9.17) is 4.74 Å². The van der Waals surface area contributed by atoms with Gasteiger partial charge in [0.25, 0.3) is 0 Å². The highest BCUT2D eigenvalue weighted by Crippen LogP contribution is 2.62. The fraction of sp³-hybridized carbons (Fsp3) is 0.375. The van der Waals surface area contributed by atoms with Crippen molar-refractivity contribution in [2.75, 3.05) is 21.2 Å². The van der Waals surface area contributed by atoms with Crippen LogP contribution < -0.4 is 0 Å². The van der Waals surface area contributed by atoms with Gasteiger partial charge in [0.2, 0.25) is 0 Å². The van der Waals surface area contributed by atoms with Crippen molar-refractivity contribution >= 4 is 40.1 Å². The second-order valence-corrected chi connectivity index (χ2v) is 11.8. The lowest BCUT2D eigenvalue weighted by Gasteiger charge is -2.51. The van der Waals surface area contributed by atoms with Crippen molar-refractivity contribution in [1.29, 1.82) is 0 Å². The minimum atomic E-state index is -4.42. The molecule has 4 rings (SSSR count). The Hall–Kier alpha value is -1.92. The molecule has 34 heavy (non-hydrogen) atoms. The third-order valence-corrected chi connectivity index (χ3v) is 9.37. The Labute approximate surface area is 213 Å². The first kappa shape index (κ1) is 25.2. The van der Waals surface area contributed by atoms with Gasteiger partial charge >= 0.3 is 6.18 Å². The number of carbonyl (C=O) groups excluding carboxylic acids is 1. The van der Waals surface area contributed by atoms with Gasteiger partial charge in [0.15, 0.2) is 23.0 Å². The van der Waals surface area contributed by atoms with E-state index < -0.39 is 15.2 Å². The molecule has 0 aliphatic heterocycles. The molecule has 0 saturated carbocycles. The molecule has 2 aliphatic carbocycles. The molecule has 0 aromatic heterocycles. The number of hydrogen-bond acceptors (Lipinski definition) is 6. The van der Waals surface area contributed by atoms with E-state index in [1.165, 1.54) is 37.1 Å². The van der Waals surface area contributed by atoms with E-state index in [1.54, 1.807) is 12.1 Å². The monoisotopic (exact) mass is 605 g/mol. The molecule has 0 saturated heterocycles. The standard InChI is InChI=1S/C24H23F3INO4S/c1-29(2)20-15-10-18(33-3)17(31)11-23(15,28)19-14(8-9-16(30)21(19)32)22(20)34-13-6-4-12(5-7-13)24(25,26)27/h4-10,15,20,22,30,32H,11H2,1-3H3/t15-,20-,22-,23+/m1/s1. The summed E-state index contributed by atoms with van der Waals surface area (Å²) in [5, 5.41) is 20.9. The summed E-state index contributed by atoms with van der Waals surface area (Å²) in [6, 6.07) is 7.91. The Morgan fingerprint density at radius 3 is 2.35 bits per heavy atom. The Morgan fingerprint density at radius 1 is 1.15 bits per heavy atom. The maximum absolute atomic E-state index is 13.0. The second kappa shape index (κ2) is 8.94. The molecular formula is C24H23F3INO4S. The van der Waals surface area contributed by atoms with Gasteiger partial charge in [0, 0.05) is 28.8 Å². The number of nitrogens with zero attached hydrogens (tertiary/aromatic N) is 1. The number of likely N-dealkylation sites (N-methyl/N-ethyl adjacent to an activating group) is 1. The van der Waals surface area contributed by atoms with Crippen LogP contribution in [0, 0.1) is 5.92 Å². The molecule has 0 heterocycles. The van der Waals surface area contributed by atoms with Crippen molar-refractivity contribution in [1.82, 2.24) is 4.90 Å². The van der Waals surface area contributed by atoms with E-state index in [-0.39, 0.29) is 46.7 Å². The lowest BCUT2D eigenvalue weighted by molar-refractivity contribution is -0.137. The second-order valence-electron chi connectivity index (χ2n) is 8.64. The van der Waals surface area contributed by atoms with E-state index >= 15 is 0 Å². The number of phenolic OH excluding ortho intramolecular Hbond substituents is 2. The number of thioether (sulfide) groups is 1. The molecule has 4 atom stereocenters. The maximum Gasteiger partial charge on any atom is 0.416 e. The first-order valence-electron chi connectivity index (χ1n) is 10.4. The molecule has 2 N–H and O–H groups in total. The Kier molecular flexibility index (Phi) is 6.62. The number of allylic oxidation sites excluding steroid dienone is 1. The summed E-state index contributed by atoms with van der Waals surface area (Å²) in [5.41, 5.74) is 0.476. The van der Waals surface area contributed by atoms with Gasteiger partial charge in [0.05, 0.1) is 21.3 Å². The Bertz CT molecular complexity index is 1150. The zero-order valence-electron chi connectivity index (χ0n) is 18.6. The van der Waals surface area contributed by atoms with Gasteiger partial charge in [-0.05, 0) is 56.1 Å². The predicted molar refractivity (Wildman–Crippen MR) is 131 cm³/mol. The zero-order chi connectivity index (χ0) is 25.0. The van der Waals surface area contributed by atoms with E-state index in [0.717, 1.165) is 17.7 Å². The lowest BCUT2D eigenvalue weighted by Crippen LogP contribution is -2.52. The molecule has 2 aromatic carbocycles. The average Bonchev–Trinajstić information content (AvgIpc) is 2.75. The van der Waals surface area contributed by atoms with Crippen molar-refractivity contribution in [2.24, 2.45) is 5.92 Å². The summed E-state index contributed by atoms with van der Waals surface area (Å²) in [5.74, 6) is -0.820. The van der Waals surface area contributed by atoms with Crippen LogP contribution in [0.5, 0.6) is 11.5 Å². The van der Waals surface area contributed by atoms with Crippen LogP contribution in [-0.2, 0) is 19.1 Å². The largest absolute Gasteiger partial charge is 0.504 e. The van der Waals surface area contributed by atoms with E-state index in [0.29, 0.717) is 10.5 Å². The normalized spacial score (nSPS) is 26.6. The highest BCUT2D eigenvalue weighted by Gasteiger charge is 2.56. The molecule has 2 aromatic rings. The fourth-order valence-electron chi connectivity index (χ4n) is 4.87. The van der Waals surface area contributed by atoms with Gasteiger partial charge in [-0.15, -0.1) is 11.8 Å². The van der Waals surface area contributed by atoms with Crippen LogP contribution >= 0.6 is 34.4 Å². The number of phenols is 2. The van der Waals surface area contributed by atoms with E-state index in [1.807, 2.05) is 19.0 Å². The summed E-state index contributed by atoms with van der Waals surface area (Å²) in [7, 11) is 5.25. The fourth-order valence-corrected chi connectivity index (χ4v) is 7.79. The van der Waals surface area contributed by atoms with E-state index in [9.17, 15) is 28.2 Å². The van der Waals surface area contributed by atoms with Gasteiger partial charge in [-0.2, -0.15) is 13.2 Å². The summed E-state index contributed by atoms with van der Waals surface area (Å²) in [6.07, 6.45) is -2.58. The number of fused-ring (bicyclic) bond motifs is 3. The molecule has 2 aliphatic rings. The molecule has 0 amide bonds. The van der Waals surface area contributed by atoms with Gasteiger partial charge in [-0.1, -0.05) is 28.7 Å². The number of aromatic hydroxyl groups is 2. The first-order valence-corrected chi connectivity index (χ1v) is 12.4. The number of ether oxygens (including phenoxy) is 1. The molecule has 5 nitrogen and oxygen atoms in total. The summed E-state index contributed by atoms with van der Waals surface area (Å²) >= 11 is 3.57. The number of halogens is 4. The number of ketones is 1. The third-order valence-electron chi connectivity index (χ3n) is 6.40. The van der Waals surface area contributed by atoms with Crippen LogP contribution in [0.25, 0.3) is 0 Å². The SMILES string of the molecule is COC1=C[C@@H]2[C@@H](N(C)C)[C@H](Sc3ccc(C(F)(F)F)cc3)c3ccc(O)c(O)c3[C@]2(I)CC1=O. The number of carbonyl (C=O) groups is 1. The minimum absolute atomic E-state index is 0.0733. The molecule has 0 fully saturated rings. The van der Waals surface area contributed by atoms with Gasteiger partial charge in [-0.3, -0.25) is 4.79 Å². The third kappa shape index (κ3) is 4.17. The number of alkyl halides is 4. The van der Waals surface area contributed by atoms with Gasteiger partial charge < -0.3 is 19.8 Å². The molecule has 0 bridgehead atoms. The topological polar surface area (TPSA) is 70.0 Å². The van der Waals surface area contributed by atoms with Crippen LogP contribution in [0.15, 0.2) is 53.1 Å². The first-order chi connectivity index (χ1) is 15.9. The van der Waals surface area contributed by atoms with Crippen molar-refractivity contribution in [3.05, 3.63) is 64.9 Å². The van der Waals surface area contributed by atoms with Gasteiger partial charge in [-0.25, -0.2) is 0 Å². The van der Waals surface area contributed by atoms with Crippen LogP contribution in [0.4, 0.5) is 13.2 Å². The Morgan fingerprint density at radius 2 is 1.79 bits per heavy atom. The number of Topliss-reactive ketones (excluding diaryl/α,β-unsaturated/α-hetero) is 1. The number of rotatable bonds is 4. The van der Waals surface area contributed by atoms with Crippen LogP contribution in [0.2, 0.25) is 0 Å². The maximum atomic E-state index is 13.0. The number of benzene rings is 2. The molecule has 182 valence electrons. The summed E-state index contributed by atoms with van der Waals surface area (Å²) in [4.78, 5) is 15.5. The molecule has 10 heteroatoms. The zero-order valence-corrected chi connectivity index (χ0v) is 21.5. The molecular weight excluding hydrogens is 582 g/mol. The molecule has 0 spiro atoms. The van der Waals surface area contributed by atoms with Crippen molar-refractivity contribution in [3.8, 4) is 11.5 Å². The lowest BCUT2D eigenvalue weighted by atomic mass is 9.66. The summed E-state index contributed by atoms with van der Waals surface area (Å²) < 4.78 is 43.6. The van der Waals surface area contributed by atoms with Crippen LogP contribution in [-0.4, -0.2) is 48.1 Å². The number of hydrogen-bond donors (Lipinski definition) is 2. The van der Waals surface area contributed by atoms with Crippen molar-refractivity contribution in [2.45, 2.75) is 32.2 Å².